The lowest BCUT2D eigenvalue weighted by Crippen LogP contribution is -2.31. The molecule has 1 N–H and O–H groups in total. The molecule has 0 bridgehead atoms. The first-order valence-electron chi connectivity index (χ1n) is 8.87. The van der Waals surface area contributed by atoms with Crippen LogP contribution in [0.1, 0.15) is 30.6 Å². The highest BCUT2D eigenvalue weighted by atomic mass is 32.2. The van der Waals surface area contributed by atoms with E-state index < -0.39 is 0 Å². The number of nitrogens with zero attached hydrogens (tertiary/aromatic N) is 2. The second-order valence-corrected chi connectivity index (χ2v) is 8.50. The number of carbonyl (C=O) groups is 1. The van der Waals surface area contributed by atoms with Crippen LogP contribution < -0.4 is 5.32 Å². The molecule has 2 fully saturated rings. The molecule has 7 heteroatoms. The van der Waals surface area contributed by atoms with Gasteiger partial charge in [0.25, 0.3) is 11.6 Å². The van der Waals surface area contributed by atoms with Gasteiger partial charge in [-0.2, -0.15) is 0 Å². The van der Waals surface area contributed by atoms with Gasteiger partial charge >= 0.3 is 0 Å². The third kappa shape index (κ3) is 4.15. The first-order valence-corrected chi connectivity index (χ1v) is 9.85. The Hall–Kier alpha value is -1.60. The molecule has 2 aliphatic rings. The van der Waals surface area contributed by atoms with E-state index in [2.05, 4.69) is 19.2 Å². The van der Waals surface area contributed by atoms with E-state index in [1.165, 1.54) is 17.8 Å². The second-order valence-electron chi connectivity index (χ2n) is 7.36. The molecule has 6 nitrogen and oxygen atoms in total. The zero-order valence-corrected chi connectivity index (χ0v) is 15.6. The van der Waals surface area contributed by atoms with Gasteiger partial charge in [-0.05, 0) is 42.1 Å². The Bertz CT molecular complexity index is 653. The number of carbonyl (C=O) groups excluding carboxylic acids is 1. The molecule has 0 aromatic heterocycles. The number of benzene rings is 1. The molecule has 1 aromatic rings. The van der Waals surface area contributed by atoms with Gasteiger partial charge in [0.2, 0.25) is 0 Å². The van der Waals surface area contributed by atoms with Gasteiger partial charge in [0.1, 0.15) is 0 Å². The first-order chi connectivity index (χ1) is 12.0. The summed E-state index contributed by atoms with van der Waals surface area (Å²) in [7, 11) is 0. The van der Waals surface area contributed by atoms with Crippen molar-refractivity contribution in [2.75, 3.05) is 31.9 Å². The molecular formula is C18H25N3O3S. The number of nitro benzene ring substituents is 1. The Morgan fingerprint density at radius 1 is 1.36 bits per heavy atom. The number of hydrogen-bond donors (Lipinski definition) is 1. The maximum atomic E-state index is 12.7. The van der Waals surface area contributed by atoms with Gasteiger partial charge in [-0.25, -0.2) is 0 Å². The van der Waals surface area contributed by atoms with Crippen molar-refractivity contribution >= 4 is 23.4 Å². The smallest absolute Gasteiger partial charge is 0.283 e. The molecule has 1 aromatic carbocycles. The summed E-state index contributed by atoms with van der Waals surface area (Å²) in [4.78, 5) is 26.3. The van der Waals surface area contributed by atoms with Crippen LogP contribution in [0.25, 0.3) is 0 Å². The molecule has 0 unspecified atom stereocenters. The standard InChI is InChI=1S/C18H25N3O3S/c1-12(2)5-6-25-17-4-3-13(7-16(17)21(23)24)18(22)20-10-14-8-19-9-15(14)11-20/h3-4,7,12,14-15,19H,5-6,8-11H2,1-2H3/t14-,15+. The monoisotopic (exact) mass is 363 g/mol. The summed E-state index contributed by atoms with van der Waals surface area (Å²) in [6.07, 6.45) is 1.01. The van der Waals surface area contributed by atoms with Gasteiger partial charge in [0, 0.05) is 37.8 Å². The topological polar surface area (TPSA) is 75.5 Å². The average molecular weight is 363 g/mol. The molecule has 2 aliphatic heterocycles. The van der Waals surface area contributed by atoms with Crippen molar-refractivity contribution in [2.24, 2.45) is 17.8 Å². The van der Waals surface area contributed by atoms with Gasteiger partial charge < -0.3 is 10.2 Å². The minimum absolute atomic E-state index is 0.0423. The zero-order valence-electron chi connectivity index (χ0n) is 14.7. The van der Waals surface area contributed by atoms with Gasteiger partial charge in [-0.15, -0.1) is 11.8 Å². The third-order valence-corrected chi connectivity index (χ3v) is 6.13. The highest BCUT2D eigenvalue weighted by molar-refractivity contribution is 7.99. The van der Waals surface area contributed by atoms with Crippen LogP contribution in [0.4, 0.5) is 5.69 Å². The van der Waals surface area contributed by atoms with Gasteiger partial charge in [0.15, 0.2) is 0 Å². The maximum absolute atomic E-state index is 12.7. The van der Waals surface area contributed by atoms with Crippen molar-refractivity contribution in [1.82, 2.24) is 10.2 Å². The number of amides is 1. The number of fused-ring (bicyclic) bond motifs is 1. The third-order valence-electron chi connectivity index (χ3n) is 5.03. The molecule has 1 amide bonds. The summed E-state index contributed by atoms with van der Waals surface area (Å²) >= 11 is 1.50. The summed E-state index contributed by atoms with van der Waals surface area (Å²) in [5, 5.41) is 14.8. The lowest BCUT2D eigenvalue weighted by atomic mass is 10.0. The molecule has 2 atom stereocenters. The molecule has 136 valence electrons. The van der Waals surface area contributed by atoms with E-state index in [9.17, 15) is 14.9 Å². The van der Waals surface area contributed by atoms with Gasteiger partial charge in [-0.3, -0.25) is 14.9 Å². The van der Waals surface area contributed by atoms with Crippen molar-refractivity contribution in [3.63, 3.8) is 0 Å². The minimum Gasteiger partial charge on any atom is -0.338 e. The lowest BCUT2D eigenvalue weighted by molar-refractivity contribution is -0.387. The van der Waals surface area contributed by atoms with E-state index in [4.69, 9.17) is 0 Å². The van der Waals surface area contributed by atoms with Gasteiger partial charge in [-0.1, -0.05) is 13.8 Å². The van der Waals surface area contributed by atoms with E-state index in [1.54, 1.807) is 12.1 Å². The number of rotatable bonds is 6. The summed E-state index contributed by atoms with van der Waals surface area (Å²) in [5.41, 5.74) is 0.466. The molecule has 25 heavy (non-hydrogen) atoms. The van der Waals surface area contributed by atoms with Crippen molar-refractivity contribution in [2.45, 2.75) is 25.2 Å². The first kappa shape index (κ1) is 18.2. The molecule has 0 aliphatic carbocycles. The lowest BCUT2D eigenvalue weighted by Gasteiger charge is -2.17. The van der Waals surface area contributed by atoms with Crippen LogP contribution in [0.2, 0.25) is 0 Å². The highest BCUT2D eigenvalue weighted by Crippen LogP contribution is 2.33. The maximum Gasteiger partial charge on any atom is 0.283 e. The molecule has 0 saturated carbocycles. The van der Waals surface area contributed by atoms with Crippen molar-refractivity contribution < 1.29 is 9.72 Å². The molecular weight excluding hydrogens is 338 g/mol. The van der Waals surface area contributed by atoms with Crippen LogP contribution in [0.15, 0.2) is 23.1 Å². The van der Waals surface area contributed by atoms with Crippen LogP contribution in [-0.2, 0) is 0 Å². The molecule has 2 saturated heterocycles. The number of nitro groups is 1. The average Bonchev–Trinajstić information content (AvgIpc) is 3.15. The fourth-order valence-electron chi connectivity index (χ4n) is 3.52. The molecule has 3 rings (SSSR count). The predicted octanol–water partition coefficient (Wildman–Crippen LogP) is 3.02. The van der Waals surface area contributed by atoms with Crippen LogP contribution in [0.3, 0.4) is 0 Å². The molecule has 0 radical (unpaired) electrons. The van der Waals surface area contributed by atoms with Crippen LogP contribution >= 0.6 is 11.8 Å². The van der Waals surface area contributed by atoms with Crippen molar-refractivity contribution in [3.8, 4) is 0 Å². The Morgan fingerprint density at radius 2 is 2.04 bits per heavy atom. The molecule has 2 heterocycles. The summed E-state index contributed by atoms with van der Waals surface area (Å²) in [6.45, 7) is 7.68. The Balaban J connectivity index is 1.72. The predicted molar refractivity (Wildman–Crippen MR) is 99.0 cm³/mol. The van der Waals surface area contributed by atoms with Crippen LogP contribution in [0.5, 0.6) is 0 Å². The zero-order chi connectivity index (χ0) is 18.0. The minimum atomic E-state index is -0.378. The van der Waals surface area contributed by atoms with E-state index >= 15 is 0 Å². The van der Waals surface area contributed by atoms with Crippen molar-refractivity contribution in [1.29, 1.82) is 0 Å². The quantitative estimate of drug-likeness (QED) is 0.478. The summed E-state index contributed by atoms with van der Waals surface area (Å²) < 4.78 is 0. The fourth-order valence-corrected chi connectivity index (χ4v) is 4.78. The number of likely N-dealkylation sites (tertiary alicyclic amines) is 1. The van der Waals surface area contributed by atoms with Crippen LogP contribution in [0, 0.1) is 27.9 Å². The van der Waals surface area contributed by atoms with E-state index in [-0.39, 0.29) is 16.5 Å². The van der Waals surface area contributed by atoms with E-state index in [0.29, 0.717) is 28.2 Å². The fraction of sp³-hybridized carbons (Fsp3) is 0.611. The number of nitrogens with one attached hydrogen (secondary N) is 1. The van der Waals surface area contributed by atoms with Crippen LogP contribution in [-0.4, -0.2) is 47.7 Å². The summed E-state index contributed by atoms with van der Waals surface area (Å²) in [5.74, 6) is 2.36. The largest absolute Gasteiger partial charge is 0.338 e. The Morgan fingerprint density at radius 3 is 2.64 bits per heavy atom. The van der Waals surface area contributed by atoms with E-state index in [0.717, 1.165) is 38.4 Å². The number of hydrogen-bond acceptors (Lipinski definition) is 5. The Labute approximate surface area is 152 Å². The SMILES string of the molecule is CC(C)CCSc1ccc(C(=O)N2C[C@H]3CNC[C@H]3C2)cc1[N+](=O)[O-]. The van der Waals surface area contributed by atoms with Crippen molar-refractivity contribution in [3.05, 3.63) is 33.9 Å². The van der Waals surface area contributed by atoms with Gasteiger partial charge in [0.05, 0.1) is 9.82 Å². The van der Waals surface area contributed by atoms with E-state index in [1.807, 2.05) is 4.90 Å². The number of thioether (sulfide) groups is 1. The second kappa shape index (κ2) is 7.74. The Kier molecular flexibility index (Phi) is 5.64. The normalized spacial score (nSPS) is 22.4. The molecule has 0 spiro atoms. The highest BCUT2D eigenvalue weighted by Gasteiger charge is 2.38. The summed E-state index contributed by atoms with van der Waals surface area (Å²) in [6, 6.07) is 4.92.